The minimum atomic E-state index is -0.557. The summed E-state index contributed by atoms with van der Waals surface area (Å²) in [5.41, 5.74) is 1.21. The third-order valence-corrected chi connectivity index (χ3v) is 2.17. The fourth-order valence-electron chi connectivity index (χ4n) is 1.42. The number of aromatic hydroxyl groups is 1. The molecule has 0 unspecified atom stereocenters. The van der Waals surface area contributed by atoms with Crippen LogP contribution in [-0.4, -0.2) is 10.1 Å². The zero-order valence-electron chi connectivity index (χ0n) is 8.82. The molecule has 17 heavy (non-hydrogen) atoms. The van der Waals surface area contributed by atoms with E-state index < -0.39 is 11.8 Å². The number of phenols is 1. The van der Waals surface area contributed by atoms with Crippen LogP contribution in [0.15, 0.2) is 36.5 Å². The second-order valence-electron chi connectivity index (χ2n) is 3.54. The fourth-order valence-corrected chi connectivity index (χ4v) is 1.42. The number of anilines is 1. The van der Waals surface area contributed by atoms with E-state index in [1.165, 1.54) is 30.5 Å². The van der Waals surface area contributed by atoms with Crippen molar-refractivity contribution in [3.63, 3.8) is 0 Å². The van der Waals surface area contributed by atoms with E-state index in [4.69, 9.17) is 0 Å². The first-order valence-corrected chi connectivity index (χ1v) is 4.97. The van der Waals surface area contributed by atoms with Crippen LogP contribution in [0, 0.1) is 11.8 Å². The number of nitrogens with zero attached hydrogens (tertiary/aromatic N) is 1. The van der Waals surface area contributed by atoms with Crippen LogP contribution in [0.3, 0.4) is 0 Å². The summed E-state index contributed by atoms with van der Waals surface area (Å²) in [6.45, 7) is 0.318. The Balaban J connectivity index is 2.04. The van der Waals surface area contributed by atoms with Gasteiger partial charge in [-0.2, -0.15) is 4.39 Å². The SMILES string of the molecule is Oc1cc(F)cc(CNc2ccc(F)nc2)c1. The lowest BCUT2D eigenvalue weighted by Crippen LogP contribution is -2.00. The van der Waals surface area contributed by atoms with Gasteiger partial charge in [-0.3, -0.25) is 0 Å². The number of aromatic nitrogens is 1. The molecular weight excluding hydrogens is 226 g/mol. The molecule has 0 aliphatic carbocycles. The standard InChI is InChI=1S/C12H10F2N2O/c13-9-3-8(4-11(17)5-9)6-15-10-1-2-12(14)16-7-10/h1-5,7,15,17H,6H2. The first-order valence-electron chi connectivity index (χ1n) is 4.97. The Labute approximate surface area is 96.7 Å². The summed E-state index contributed by atoms with van der Waals surface area (Å²) in [6.07, 6.45) is 1.34. The highest BCUT2D eigenvalue weighted by Gasteiger charge is 2.00. The molecule has 1 aromatic heterocycles. The summed E-state index contributed by atoms with van der Waals surface area (Å²) in [7, 11) is 0. The van der Waals surface area contributed by atoms with Crippen molar-refractivity contribution in [2.75, 3.05) is 5.32 Å². The maximum absolute atomic E-state index is 13.0. The Bertz CT molecular complexity index is 494. The minimum absolute atomic E-state index is 0.126. The van der Waals surface area contributed by atoms with Gasteiger partial charge >= 0.3 is 0 Å². The van der Waals surface area contributed by atoms with Gasteiger partial charge in [-0.05, 0) is 29.8 Å². The van der Waals surface area contributed by atoms with Crippen LogP contribution in [0.25, 0.3) is 0 Å². The molecule has 0 spiro atoms. The van der Waals surface area contributed by atoms with Crippen molar-refractivity contribution in [2.45, 2.75) is 6.54 Å². The van der Waals surface area contributed by atoms with Gasteiger partial charge in [0.2, 0.25) is 5.95 Å². The zero-order chi connectivity index (χ0) is 12.3. The maximum atomic E-state index is 13.0. The average Bonchev–Trinajstić information content (AvgIpc) is 2.27. The highest BCUT2D eigenvalue weighted by atomic mass is 19.1. The lowest BCUT2D eigenvalue weighted by molar-refractivity contribution is 0.468. The Morgan fingerprint density at radius 1 is 1.18 bits per heavy atom. The second kappa shape index (κ2) is 4.78. The van der Waals surface area contributed by atoms with Crippen molar-refractivity contribution in [3.05, 3.63) is 53.9 Å². The first-order chi connectivity index (χ1) is 8.13. The summed E-state index contributed by atoms with van der Waals surface area (Å²) >= 11 is 0. The number of rotatable bonds is 3. The lowest BCUT2D eigenvalue weighted by Gasteiger charge is -2.06. The van der Waals surface area contributed by atoms with E-state index >= 15 is 0 Å². The molecule has 0 radical (unpaired) electrons. The summed E-state index contributed by atoms with van der Waals surface area (Å²) in [4.78, 5) is 3.47. The van der Waals surface area contributed by atoms with E-state index in [1.807, 2.05) is 0 Å². The normalized spacial score (nSPS) is 10.2. The van der Waals surface area contributed by atoms with E-state index in [0.717, 1.165) is 6.07 Å². The smallest absolute Gasteiger partial charge is 0.212 e. The van der Waals surface area contributed by atoms with Crippen LogP contribution in [-0.2, 0) is 6.54 Å². The van der Waals surface area contributed by atoms with Gasteiger partial charge in [0.05, 0.1) is 11.9 Å². The number of hydrogen-bond donors (Lipinski definition) is 2. The van der Waals surface area contributed by atoms with Crippen molar-refractivity contribution in [3.8, 4) is 5.75 Å². The van der Waals surface area contributed by atoms with Crippen molar-refractivity contribution in [2.24, 2.45) is 0 Å². The average molecular weight is 236 g/mol. The van der Waals surface area contributed by atoms with Gasteiger partial charge in [0.15, 0.2) is 0 Å². The molecule has 0 saturated heterocycles. The molecule has 0 amide bonds. The summed E-state index contributed by atoms with van der Waals surface area (Å²) in [6, 6.07) is 6.55. The molecule has 2 rings (SSSR count). The van der Waals surface area contributed by atoms with Gasteiger partial charge in [-0.15, -0.1) is 0 Å². The van der Waals surface area contributed by atoms with Crippen LogP contribution in [0.5, 0.6) is 5.75 Å². The quantitative estimate of drug-likeness (QED) is 0.805. The molecule has 0 aliphatic rings. The van der Waals surface area contributed by atoms with Crippen LogP contribution in [0.4, 0.5) is 14.5 Å². The van der Waals surface area contributed by atoms with Crippen LogP contribution >= 0.6 is 0 Å². The number of halogens is 2. The van der Waals surface area contributed by atoms with Crippen LogP contribution in [0.1, 0.15) is 5.56 Å². The van der Waals surface area contributed by atoms with Crippen molar-refractivity contribution in [1.82, 2.24) is 4.98 Å². The van der Waals surface area contributed by atoms with Crippen molar-refractivity contribution >= 4 is 5.69 Å². The molecule has 2 N–H and O–H groups in total. The van der Waals surface area contributed by atoms with Gasteiger partial charge in [0.1, 0.15) is 11.6 Å². The zero-order valence-corrected chi connectivity index (χ0v) is 8.82. The van der Waals surface area contributed by atoms with Crippen LogP contribution in [0.2, 0.25) is 0 Å². The third-order valence-electron chi connectivity index (χ3n) is 2.17. The van der Waals surface area contributed by atoms with Gasteiger partial charge in [0.25, 0.3) is 0 Å². The molecule has 2 aromatic rings. The predicted octanol–water partition coefficient (Wildman–Crippen LogP) is 2.68. The highest BCUT2D eigenvalue weighted by molar-refractivity contribution is 5.41. The molecular formula is C12H10F2N2O. The van der Waals surface area contributed by atoms with Gasteiger partial charge < -0.3 is 10.4 Å². The predicted molar refractivity (Wildman–Crippen MR) is 59.6 cm³/mol. The number of nitrogens with one attached hydrogen (secondary N) is 1. The number of pyridine rings is 1. The molecule has 5 heteroatoms. The topological polar surface area (TPSA) is 45.1 Å². The Morgan fingerprint density at radius 2 is 2.00 bits per heavy atom. The lowest BCUT2D eigenvalue weighted by atomic mass is 10.2. The highest BCUT2D eigenvalue weighted by Crippen LogP contribution is 2.16. The Hall–Kier alpha value is -2.17. The summed E-state index contributed by atoms with van der Waals surface area (Å²) in [5, 5.41) is 12.1. The molecule has 3 nitrogen and oxygen atoms in total. The minimum Gasteiger partial charge on any atom is -0.508 e. The molecule has 0 fully saturated rings. The second-order valence-corrected chi connectivity index (χ2v) is 3.54. The summed E-state index contributed by atoms with van der Waals surface area (Å²) < 4.78 is 25.5. The third kappa shape index (κ3) is 3.14. The molecule has 0 aliphatic heterocycles. The van der Waals surface area contributed by atoms with Crippen LogP contribution < -0.4 is 5.32 Å². The van der Waals surface area contributed by atoms with Gasteiger partial charge in [-0.25, -0.2) is 9.37 Å². The van der Waals surface area contributed by atoms with E-state index in [9.17, 15) is 13.9 Å². The first kappa shape index (κ1) is 11.3. The van der Waals surface area contributed by atoms with Gasteiger partial charge in [0, 0.05) is 12.6 Å². The number of benzene rings is 1. The van der Waals surface area contributed by atoms with Crippen molar-refractivity contribution < 1.29 is 13.9 Å². The molecule has 1 aromatic carbocycles. The fraction of sp³-hybridized carbons (Fsp3) is 0.0833. The Kier molecular flexibility index (Phi) is 3.18. The largest absolute Gasteiger partial charge is 0.508 e. The molecule has 0 bridgehead atoms. The Morgan fingerprint density at radius 3 is 2.65 bits per heavy atom. The molecule has 0 saturated carbocycles. The molecule has 0 atom stereocenters. The van der Waals surface area contributed by atoms with Gasteiger partial charge in [-0.1, -0.05) is 0 Å². The summed E-state index contributed by atoms with van der Waals surface area (Å²) in [5.74, 6) is -1.18. The van der Waals surface area contributed by atoms with E-state index in [1.54, 1.807) is 0 Å². The van der Waals surface area contributed by atoms with E-state index in [2.05, 4.69) is 10.3 Å². The molecule has 1 heterocycles. The van der Waals surface area contributed by atoms with E-state index in [-0.39, 0.29) is 5.75 Å². The van der Waals surface area contributed by atoms with E-state index in [0.29, 0.717) is 17.8 Å². The number of phenolic OH excluding ortho intramolecular Hbond substituents is 1. The molecule has 88 valence electrons. The maximum Gasteiger partial charge on any atom is 0.212 e. The van der Waals surface area contributed by atoms with Crippen molar-refractivity contribution in [1.29, 1.82) is 0 Å². The number of hydrogen-bond acceptors (Lipinski definition) is 3. The monoisotopic (exact) mass is 236 g/mol.